The van der Waals surface area contributed by atoms with Gasteiger partial charge in [0, 0.05) is 11.8 Å². The number of fused-ring (bicyclic) bond motifs is 1. The predicted octanol–water partition coefficient (Wildman–Crippen LogP) is 0.978. The van der Waals surface area contributed by atoms with Crippen LogP contribution in [0, 0.1) is 6.92 Å². The van der Waals surface area contributed by atoms with Crippen LogP contribution in [0.4, 0.5) is 5.82 Å². The van der Waals surface area contributed by atoms with E-state index in [1.165, 1.54) is 4.52 Å². The number of hydrogen-bond donors (Lipinski definition) is 2. The summed E-state index contributed by atoms with van der Waals surface area (Å²) in [6.45, 7) is 1.86. The number of nitrogens with one attached hydrogen (secondary N) is 1. The molecule has 0 aliphatic rings. The third-order valence-electron chi connectivity index (χ3n) is 2.33. The highest BCUT2D eigenvalue weighted by Crippen LogP contribution is 2.18. The third kappa shape index (κ3) is 1.53. The second-order valence-corrected chi connectivity index (χ2v) is 3.55. The zero-order chi connectivity index (χ0) is 11.8. The first-order valence-corrected chi connectivity index (χ1v) is 5.03. The summed E-state index contributed by atoms with van der Waals surface area (Å²) in [7, 11) is 0. The van der Waals surface area contributed by atoms with E-state index in [-0.39, 0.29) is 0 Å². The highest BCUT2D eigenvalue weighted by Gasteiger charge is 2.12. The lowest BCUT2D eigenvalue weighted by molar-refractivity contribution is 0.577. The summed E-state index contributed by atoms with van der Waals surface area (Å²) in [4.78, 5) is 8.54. The van der Waals surface area contributed by atoms with Crippen LogP contribution in [-0.4, -0.2) is 19.6 Å². The lowest BCUT2D eigenvalue weighted by Crippen LogP contribution is -2.12. The van der Waals surface area contributed by atoms with Crippen LogP contribution in [0.15, 0.2) is 28.9 Å². The SMILES string of the molecule is Cc1cc(NN)n2nc(-c3ccco3)nc2n1. The highest BCUT2D eigenvalue weighted by molar-refractivity contribution is 5.53. The summed E-state index contributed by atoms with van der Waals surface area (Å²) in [5.41, 5.74) is 3.37. The number of aromatic nitrogens is 4. The van der Waals surface area contributed by atoms with Gasteiger partial charge in [0.15, 0.2) is 5.76 Å². The van der Waals surface area contributed by atoms with Crippen molar-refractivity contribution in [2.45, 2.75) is 6.92 Å². The van der Waals surface area contributed by atoms with Gasteiger partial charge in [-0.3, -0.25) is 0 Å². The van der Waals surface area contributed by atoms with Gasteiger partial charge in [0.25, 0.3) is 5.78 Å². The summed E-state index contributed by atoms with van der Waals surface area (Å²) in [6.07, 6.45) is 1.57. The van der Waals surface area contributed by atoms with E-state index < -0.39 is 0 Å². The molecule has 3 rings (SSSR count). The van der Waals surface area contributed by atoms with Crippen molar-refractivity contribution in [3.8, 4) is 11.6 Å². The molecule has 3 aromatic rings. The standard InChI is InChI=1S/C10H10N6O/c1-6-5-8(14-11)16-10(12-6)13-9(15-16)7-3-2-4-17-7/h2-5,14H,11H2,1H3. The van der Waals surface area contributed by atoms with Crippen LogP contribution < -0.4 is 11.3 Å². The van der Waals surface area contributed by atoms with Crippen molar-refractivity contribution < 1.29 is 4.42 Å². The number of nitrogens with two attached hydrogens (primary N) is 1. The number of rotatable bonds is 2. The first-order chi connectivity index (χ1) is 8.28. The van der Waals surface area contributed by atoms with E-state index in [4.69, 9.17) is 10.3 Å². The fourth-order valence-electron chi connectivity index (χ4n) is 1.60. The van der Waals surface area contributed by atoms with E-state index in [1.807, 2.05) is 6.92 Å². The number of aryl methyl sites for hydroxylation is 1. The van der Waals surface area contributed by atoms with E-state index in [2.05, 4.69) is 20.5 Å². The molecule has 0 saturated heterocycles. The van der Waals surface area contributed by atoms with Crippen molar-refractivity contribution in [1.82, 2.24) is 19.6 Å². The van der Waals surface area contributed by atoms with E-state index in [1.54, 1.807) is 24.5 Å². The summed E-state index contributed by atoms with van der Waals surface area (Å²) >= 11 is 0. The quantitative estimate of drug-likeness (QED) is 0.503. The van der Waals surface area contributed by atoms with Gasteiger partial charge in [-0.15, -0.1) is 5.10 Å². The molecule has 86 valence electrons. The molecule has 0 aliphatic carbocycles. The van der Waals surface area contributed by atoms with Gasteiger partial charge < -0.3 is 9.84 Å². The summed E-state index contributed by atoms with van der Waals surface area (Å²) in [5, 5.41) is 4.27. The molecule has 0 unspecified atom stereocenters. The maximum absolute atomic E-state index is 5.42. The molecule has 7 heteroatoms. The van der Waals surface area contributed by atoms with Gasteiger partial charge in [-0.25, -0.2) is 10.8 Å². The molecule has 0 atom stereocenters. The van der Waals surface area contributed by atoms with Gasteiger partial charge in [-0.2, -0.15) is 9.50 Å². The predicted molar refractivity (Wildman–Crippen MR) is 61.0 cm³/mol. The Balaban J connectivity index is 2.25. The Hall–Kier alpha value is -2.41. The van der Waals surface area contributed by atoms with Gasteiger partial charge in [0.05, 0.1) is 6.26 Å². The van der Waals surface area contributed by atoms with Crippen LogP contribution in [0.5, 0.6) is 0 Å². The van der Waals surface area contributed by atoms with E-state index in [0.717, 1.165) is 5.69 Å². The zero-order valence-corrected chi connectivity index (χ0v) is 9.08. The molecule has 0 saturated carbocycles. The van der Waals surface area contributed by atoms with Gasteiger partial charge >= 0.3 is 0 Å². The molecule has 0 spiro atoms. The van der Waals surface area contributed by atoms with Crippen molar-refractivity contribution in [1.29, 1.82) is 0 Å². The molecular weight excluding hydrogens is 220 g/mol. The number of hydrogen-bond acceptors (Lipinski definition) is 6. The van der Waals surface area contributed by atoms with Crippen molar-refractivity contribution in [3.63, 3.8) is 0 Å². The Morgan fingerprint density at radius 2 is 2.29 bits per heavy atom. The number of nitrogens with zero attached hydrogens (tertiary/aromatic N) is 4. The zero-order valence-electron chi connectivity index (χ0n) is 9.08. The van der Waals surface area contributed by atoms with Crippen molar-refractivity contribution in [2.75, 3.05) is 5.43 Å². The highest BCUT2D eigenvalue weighted by atomic mass is 16.3. The topological polar surface area (TPSA) is 94.3 Å². The van der Waals surface area contributed by atoms with Crippen LogP contribution in [0.1, 0.15) is 5.69 Å². The minimum Gasteiger partial charge on any atom is -0.461 e. The largest absolute Gasteiger partial charge is 0.461 e. The lowest BCUT2D eigenvalue weighted by atomic mass is 10.4. The Morgan fingerprint density at radius 3 is 3.00 bits per heavy atom. The average Bonchev–Trinajstić information content (AvgIpc) is 2.95. The number of hydrazine groups is 1. The normalized spacial score (nSPS) is 10.9. The molecule has 7 nitrogen and oxygen atoms in total. The summed E-state index contributed by atoms with van der Waals surface area (Å²) < 4.78 is 6.77. The van der Waals surface area contributed by atoms with Crippen LogP contribution >= 0.6 is 0 Å². The summed E-state index contributed by atoms with van der Waals surface area (Å²) in [6, 6.07) is 5.35. The van der Waals surface area contributed by atoms with Crippen LogP contribution in [-0.2, 0) is 0 Å². The van der Waals surface area contributed by atoms with Crippen molar-refractivity contribution >= 4 is 11.6 Å². The fourth-order valence-corrected chi connectivity index (χ4v) is 1.60. The molecule has 0 amide bonds. The number of furan rings is 1. The second kappa shape index (κ2) is 3.56. The smallest absolute Gasteiger partial charge is 0.255 e. The van der Waals surface area contributed by atoms with E-state index in [0.29, 0.717) is 23.2 Å². The van der Waals surface area contributed by atoms with Gasteiger partial charge in [0.2, 0.25) is 5.82 Å². The van der Waals surface area contributed by atoms with Gasteiger partial charge in [-0.1, -0.05) is 0 Å². The molecule has 3 heterocycles. The summed E-state index contributed by atoms with van der Waals surface area (Å²) in [5.74, 6) is 7.59. The first-order valence-electron chi connectivity index (χ1n) is 5.03. The molecule has 0 aromatic carbocycles. The maximum Gasteiger partial charge on any atom is 0.255 e. The Kier molecular flexibility index (Phi) is 2.05. The van der Waals surface area contributed by atoms with E-state index >= 15 is 0 Å². The second-order valence-electron chi connectivity index (χ2n) is 3.55. The molecule has 3 aromatic heterocycles. The molecule has 0 fully saturated rings. The molecule has 0 radical (unpaired) electrons. The molecular formula is C10H10N6O. The minimum absolute atomic E-state index is 0.476. The Morgan fingerprint density at radius 1 is 1.41 bits per heavy atom. The third-order valence-corrected chi connectivity index (χ3v) is 2.33. The average molecular weight is 230 g/mol. The van der Waals surface area contributed by atoms with E-state index in [9.17, 15) is 0 Å². The first kappa shape index (κ1) is 9.79. The molecule has 3 N–H and O–H groups in total. The maximum atomic E-state index is 5.42. The molecule has 0 bridgehead atoms. The van der Waals surface area contributed by atoms with Gasteiger partial charge in [0.1, 0.15) is 5.82 Å². The Labute approximate surface area is 96.3 Å². The molecule has 0 aliphatic heterocycles. The molecule has 17 heavy (non-hydrogen) atoms. The number of nitrogen functional groups attached to an aromatic ring is 1. The minimum atomic E-state index is 0.476. The van der Waals surface area contributed by atoms with Crippen LogP contribution in [0.25, 0.3) is 17.4 Å². The van der Waals surface area contributed by atoms with Crippen LogP contribution in [0.3, 0.4) is 0 Å². The fraction of sp³-hybridized carbons (Fsp3) is 0.100. The van der Waals surface area contributed by atoms with Gasteiger partial charge in [-0.05, 0) is 19.1 Å². The lowest BCUT2D eigenvalue weighted by Gasteiger charge is -2.02. The van der Waals surface area contributed by atoms with Crippen LogP contribution in [0.2, 0.25) is 0 Å². The monoisotopic (exact) mass is 230 g/mol. The number of anilines is 1. The Bertz CT molecular complexity index is 657. The van der Waals surface area contributed by atoms with Crippen molar-refractivity contribution in [2.24, 2.45) is 5.84 Å². The van der Waals surface area contributed by atoms with Crippen molar-refractivity contribution in [3.05, 3.63) is 30.2 Å².